The predicted molar refractivity (Wildman–Crippen MR) is 148 cm³/mol. The highest BCUT2D eigenvalue weighted by molar-refractivity contribution is 5.80. The van der Waals surface area contributed by atoms with E-state index in [1.807, 2.05) is 68.4 Å². The van der Waals surface area contributed by atoms with Crippen LogP contribution in [-0.4, -0.2) is 43.7 Å². The molecule has 1 atom stereocenters. The minimum atomic E-state index is -1.25. The largest absolute Gasteiger partial charge is 0.461 e. The van der Waals surface area contributed by atoms with Gasteiger partial charge in [-0.25, -0.2) is 4.79 Å². The van der Waals surface area contributed by atoms with Gasteiger partial charge in [0.1, 0.15) is 25.0 Å². The van der Waals surface area contributed by atoms with Crippen LogP contribution in [0.1, 0.15) is 49.3 Å². The Morgan fingerprint density at radius 2 is 1.51 bits per heavy atom. The molecule has 3 aromatic rings. The minimum absolute atomic E-state index is 0.0303. The van der Waals surface area contributed by atoms with Gasteiger partial charge in [0.05, 0.1) is 6.61 Å². The van der Waals surface area contributed by atoms with Gasteiger partial charge in [-0.3, -0.25) is 4.79 Å². The highest BCUT2D eigenvalue weighted by Crippen LogP contribution is 2.44. The van der Waals surface area contributed by atoms with Crippen molar-refractivity contribution in [3.63, 3.8) is 0 Å². The SMILES string of the molecule is CC(C)[C@](C=O)(COCCCC(=O)OCc1ccccc1)NC(=O)OCC1c2ccccc2-c2ccccc21. The molecule has 0 fully saturated rings. The maximum Gasteiger partial charge on any atom is 0.408 e. The molecule has 0 aromatic heterocycles. The first-order chi connectivity index (χ1) is 18.9. The number of alkyl carbamates (subject to hydrolysis) is 1. The van der Waals surface area contributed by atoms with Crippen LogP contribution in [-0.2, 0) is 30.4 Å². The van der Waals surface area contributed by atoms with E-state index in [9.17, 15) is 14.4 Å². The molecule has 1 N–H and O–H groups in total. The van der Waals surface area contributed by atoms with Crippen molar-refractivity contribution in [2.75, 3.05) is 19.8 Å². The van der Waals surface area contributed by atoms with Crippen LogP contribution in [0.2, 0.25) is 0 Å². The number of hydrogen-bond donors (Lipinski definition) is 1. The van der Waals surface area contributed by atoms with Crippen molar-refractivity contribution in [2.24, 2.45) is 5.92 Å². The second-order valence-corrected chi connectivity index (χ2v) is 10.1. The number of benzene rings is 3. The summed E-state index contributed by atoms with van der Waals surface area (Å²) in [5.41, 5.74) is 4.18. The number of carbonyl (C=O) groups is 3. The average molecular weight is 530 g/mol. The molecule has 204 valence electrons. The van der Waals surface area contributed by atoms with Gasteiger partial charge in [0.2, 0.25) is 0 Å². The number of ether oxygens (including phenoxy) is 3. The minimum Gasteiger partial charge on any atom is -0.461 e. The zero-order chi connectivity index (χ0) is 27.7. The topological polar surface area (TPSA) is 90.9 Å². The van der Waals surface area contributed by atoms with Crippen molar-refractivity contribution in [2.45, 2.75) is 44.8 Å². The highest BCUT2D eigenvalue weighted by Gasteiger charge is 2.37. The van der Waals surface area contributed by atoms with Crippen molar-refractivity contribution >= 4 is 18.3 Å². The van der Waals surface area contributed by atoms with Gasteiger partial charge in [0.25, 0.3) is 0 Å². The number of rotatable bonds is 13. The number of nitrogens with one attached hydrogen (secondary N) is 1. The van der Waals surface area contributed by atoms with Crippen molar-refractivity contribution in [1.29, 1.82) is 0 Å². The molecule has 0 unspecified atom stereocenters. The van der Waals surface area contributed by atoms with Crippen LogP contribution < -0.4 is 5.32 Å². The number of carbonyl (C=O) groups excluding carboxylic acids is 3. The number of fused-ring (bicyclic) bond motifs is 3. The van der Waals surface area contributed by atoms with Gasteiger partial charge in [-0.05, 0) is 40.2 Å². The van der Waals surface area contributed by atoms with Crippen molar-refractivity contribution < 1.29 is 28.6 Å². The number of aldehydes is 1. The summed E-state index contributed by atoms with van der Waals surface area (Å²) < 4.78 is 16.6. The van der Waals surface area contributed by atoms with Crippen molar-refractivity contribution in [3.05, 3.63) is 95.6 Å². The van der Waals surface area contributed by atoms with Gasteiger partial charge in [0, 0.05) is 18.9 Å². The van der Waals surface area contributed by atoms with E-state index in [0.29, 0.717) is 12.7 Å². The molecule has 0 heterocycles. The van der Waals surface area contributed by atoms with E-state index in [1.54, 1.807) is 0 Å². The van der Waals surface area contributed by atoms with Gasteiger partial charge in [0.15, 0.2) is 0 Å². The third kappa shape index (κ3) is 6.92. The van der Waals surface area contributed by atoms with Gasteiger partial charge in [-0.2, -0.15) is 0 Å². The Hall–Kier alpha value is -3.97. The standard InChI is InChI=1S/C32H35NO6/c1-23(2)32(21-34,22-37-18-10-17-30(35)38-19-24-11-4-3-5-12-24)33-31(36)39-20-29-27-15-8-6-13-25(27)26-14-7-9-16-28(26)29/h3-9,11-16,21,23,29H,10,17-20,22H2,1-2H3,(H,33,36)/t32-/m0/s1. The Kier molecular flexibility index (Phi) is 9.49. The van der Waals surface area contributed by atoms with Crippen LogP contribution in [0.3, 0.4) is 0 Å². The number of amides is 1. The van der Waals surface area contributed by atoms with Crippen LogP contribution >= 0.6 is 0 Å². The van der Waals surface area contributed by atoms with Crippen molar-refractivity contribution in [3.8, 4) is 11.1 Å². The first-order valence-corrected chi connectivity index (χ1v) is 13.3. The lowest BCUT2D eigenvalue weighted by atomic mass is 9.89. The molecule has 39 heavy (non-hydrogen) atoms. The first-order valence-electron chi connectivity index (χ1n) is 13.3. The lowest BCUT2D eigenvalue weighted by molar-refractivity contribution is -0.145. The molecule has 4 rings (SSSR count). The maximum atomic E-state index is 12.9. The summed E-state index contributed by atoms with van der Waals surface area (Å²) in [7, 11) is 0. The number of hydrogen-bond acceptors (Lipinski definition) is 6. The van der Waals surface area contributed by atoms with E-state index < -0.39 is 11.6 Å². The normalized spacial score (nSPS) is 13.7. The first kappa shape index (κ1) is 28.0. The molecule has 0 radical (unpaired) electrons. The quantitative estimate of drug-likeness (QED) is 0.175. The molecule has 3 aromatic carbocycles. The highest BCUT2D eigenvalue weighted by atomic mass is 16.6. The second-order valence-electron chi connectivity index (χ2n) is 10.1. The van der Waals surface area contributed by atoms with E-state index in [1.165, 1.54) is 0 Å². The summed E-state index contributed by atoms with van der Waals surface area (Å²) in [5, 5.41) is 2.74. The average Bonchev–Trinajstić information content (AvgIpc) is 3.28. The van der Waals surface area contributed by atoms with E-state index in [4.69, 9.17) is 14.2 Å². The second kappa shape index (κ2) is 13.2. The van der Waals surface area contributed by atoms with Crippen LogP contribution in [0.15, 0.2) is 78.9 Å². The van der Waals surface area contributed by atoms with Gasteiger partial charge in [-0.15, -0.1) is 0 Å². The number of esters is 1. The molecule has 0 aliphatic heterocycles. The molecule has 0 saturated carbocycles. The van der Waals surface area contributed by atoms with Crippen LogP contribution in [0, 0.1) is 5.92 Å². The summed E-state index contributed by atoms with van der Waals surface area (Å²) in [5.74, 6) is -0.637. The molecule has 1 aliphatic carbocycles. The van der Waals surface area contributed by atoms with Crippen molar-refractivity contribution in [1.82, 2.24) is 5.32 Å². The zero-order valence-corrected chi connectivity index (χ0v) is 22.4. The zero-order valence-electron chi connectivity index (χ0n) is 22.4. The molecular weight excluding hydrogens is 494 g/mol. The Bertz CT molecular complexity index is 1230. The molecule has 0 saturated heterocycles. The fourth-order valence-electron chi connectivity index (χ4n) is 4.74. The third-order valence-electron chi connectivity index (χ3n) is 7.17. The lowest BCUT2D eigenvalue weighted by Crippen LogP contribution is -2.57. The van der Waals surface area contributed by atoms with Gasteiger partial charge in [-0.1, -0.05) is 92.7 Å². The smallest absolute Gasteiger partial charge is 0.408 e. The fraction of sp³-hybridized carbons (Fsp3) is 0.344. The predicted octanol–water partition coefficient (Wildman–Crippen LogP) is 5.66. The van der Waals surface area contributed by atoms with Crippen LogP contribution in [0.5, 0.6) is 0 Å². The monoisotopic (exact) mass is 529 g/mol. The molecule has 7 nitrogen and oxygen atoms in total. The van der Waals surface area contributed by atoms with E-state index in [0.717, 1.165) is 27.8 Å². The third-order valence-corrected chi connectivity index (χ3v) is 7.17. The molecule has 1 aliphatic rings. The Balaban J connectivity index is 1.25. The maximum absolute atomic E-state index is 12.9. The molecule has 7 heteroatoms. The Labute approximate surface area is 229 Å². The summed E-state index contributed by atoms with van der Waals surface area (Å²) in [6.45, 7) is 4.27. The molecular formula is C32H35NO6. The summed E-state index contributed by atoms with van der Waals surface area (Å²) in [6.07, 6.45) is 0.659. The Morgan fingerprint density at radius 1 is 0.897 bits per heavy atom. The lowest BCUT2D eigenvalue weighted by Gasteiger charge is -2.32. The van der Waals surface area contributed by atoms with Gasteiger partial charge >= 0.3 is 12.1 Å². The summed E-state index contributed by atoms with van der Waals surface area (Å²) in [4.78, 5) is 37.0. The van der Waals surface area contributed by atoms with E-state index in [-0.39, 0.29) is 50.7 Å². The summed E-state index contributed by atoms with van der Waals surface area (Å²) in [6, 6.07) is 25.7. The van der Waals surface area contributed by atoms with Crippen LogP contribution in [0.4, 0.5) is 4.79 Å². The van der Waals surface area contributed by atoms with E-state index in [2.05, 4.69) is 29.6 Å². The van der Waals surface area contributed by atoms with E-state index >= 15 is 0 Å². The van der Waals surface area contributed by atoms with Crippen LogP contribution in [0.25, 0.3) is 11.1 Å². The molecule has 0 bridgehead atoms. The Morgan fingerprint density at radius 3 is 2.13 bits per heavy atom. The fourth-order valence-corrected chi connectivity index (χ4v) is 4.74. The van der Waals surface area contributed by atoms with Gasteiger partial charge < -0.3 is 24.3 Å². The molecule has 0 spiro atoms. The summed E-state index contributed by atoms with van der Waals surface area (Å²) >= 11 is 0. The molecule has 1 amide bonds.